The average Bonchev–Trinajstić information content (AvgIpc) is 2.84. The average molecular weight is 445 g/mol. The third-order valence-electron chi connectivity index (χ3n) is 5.37. The first kappa shape index (κ1) is 23.2. The number of hydrogen-bond acceptors (Lipinski definition) is 1. The van der Waals surface area contributed by atoms with Crippen LogP contribution in [0.1, 0.15) is 31.7 Å². The second-order valence-corrected chi connectivity index (χ2v) is 8.45. The molecule has 0 nitrogen and oxygen atoms in total. The van der Waals surface area contributed by atoms with Gasteiger partial charge in [-0.2, -0.15) is 0 Å². The van der Waals surface area contributed by atoms with Crippen LogP contribution in [0, 0.1) is 5.92 Å². The Labute approximate surface area is 196 Å². The minimum Gasteiger partial charge on any atom is -0.0991 e. The Hall–Kier alpha value is -2.48. The molecular weight excluding hydrogens is 416 g/mol. The normalized spacial score (nSPS) is 20.1. The fourth-order valence-corrected chi connectivity index (χ4v) is 4.98. The van der Waals surface area contributed by atoms with Gasteiger partial charge in [0.05, 0.1) is 0 Å². The molecule has 0 bridgehead atoms. The van der Waals surface area contributed by atoms with Gasteiger partial charge in [-0.1, -0.05) is 104 Å². The molecule has 1 aromatic carbocycles. The molecule has 0 aromatic heterocycles. The smallest absolute Gasteiger partial charge is 0.0346 e. The molecule has 0 unspecified atom stereocenters. The lowest BCUT2D eigenvalue weighted by Gasteiger charge is -2.25. The summed E-state index contributed by atoms with van der Waals surface area (Å²) in [5.74, 6) is 0.248. The molecule has 0 N–H and O–H groups in total. The summed E-state index contributed by atoms with van der Waals surface area (Å²) in [4.78, 5) is 1.09. The summed E-state index contributed by atoms with van der Waals surface area (Å²) < 4.78 is 0. The predicted octanol–water partition coefficient (Wildman–Crippen LogP) is 9.31. The molecule has 0 amide bonds. The number of rotatable bonds is 8. The van der Waals surface area contributed by atoms with E-state index in [9.17, 15) is 0 Å². The summed E-state index contributed by atoms with van der Waals surface area (Å²) in [5.41, 5.74) is 6.03. The maximum Gasteiger partial charge on any atom is 0.0346 e. The number of halogens is 1. The molecule has 0 fully saturated rings. The van der Waals surface area contributed by atoms with Crippen molar-refractivity contribution in [3.05, 3.63) is 137 Å². The quantitative estimate of drug-likeness (QED) is 0.360. The minimum atomic E-state index is 0.248. The van der Waals surface area contributed by atoms with Gasteiger partial charge in [0.25, 0.3) is 0 Å². The Morgan fingerprint density at radius 2 is 1.97 bits per heavy atom. The third-order valence-corrected chi connectivity index (χ3v) is 6.44. The van der Waals surface area contributed by atoms with Crippen molar-refractivity contribution < 1.29 is 0 Å². The summed E-state index contributed by atoms with van der Waals surface area (Å²) in [6.07, 6.45) is 29.0. The molecule has 2 aliphatic carbocycles. The molecule has 0 aliphatic heterocycles. The van der Waals surface area contributed by atoms with Crippen molar-refractivity contribution in [3.63, 3.8) is 0 Å². The number of hydrogen-bond donors (Lipinski definition) is 0. The van der Waals surface area contributed by atoms with Crippen LogP contribution in [0.5, 0.6) is 0 Å². The summed E-state index contributed by atoms with van der Waals surface area (Å²) in [6.45, 7) is 5.89. The topological polar surface area (TPSA) is 0 Å². The molecule has 0 saturated heterocycles. The van der Waals surface area contributed by atoms with Gasteiger partial charge >= 0.3 is 0 Å². The highest BCUT2D eigenvalue weighted by Gasteiger charge is 2.23. The summed E-state index contributed by atoms with van der Waals surface area (Å²) >= 11 is 0. The highest BCUT2D eigenvalue weighted by Crippen LogP contribution is 2.43. The molecular formula is C29H29ClS. The Bertz CT molecular complexity index is 1010. The van der Waals surface area contributed by atoms with Crippen LogP contribution in [-0.2, 0) is 0 Å². The first-order chi connectivity index (χ1) is 15.3. The lowest BCUT2D eigenvalue weighted by molar-refractivity contribution is 0.789. The zero-order valence-electron chi connectivity index (χ0n) is 18.0. The molecule has 31 heavy (non-hydrogen) atoms. The van der Waals surface area contributed by atoms with Gasteiger partial charge in [-0.05, 0) is 81.8 Å². The Kier molecular flexibility index (Phi) is 9.27. The molecule has 1 aromatic rings. The molecule has 0 saturated carbocycles. The largest absolute Gasteiger partial charge is 0.0991 e. The molecule has 0 spiro atoms. The van der Waals surface area contributed by atoms with Crippen molar-refractivity contribution in [2.45, 2.75) is 26.2 Å². The predicted molar refractivity (Wildman–Crippen MR) is 141 cm³/mol. The van der Waals surface area contributed by atoms with Crippen molar-refractivity contribution in [2.75, 3.05) is 0 Å². The van der Waals surface area contributed by atoms with Crippen molar-refractivity contribution in [1.29, 1.82) is 0 Å². The van der Waals surface area contributed by atoms with Crippen LogP contribution < -0.4 is 0 Å². The second kappa shape index (κ2) is 12.4. The monoisotopic (exact) mass is 444 g/mol. The molecule has 3 rings (SSSR count). The van der Waals surface area contributed by atoms with Crippen molar-refractivity contribution in [3.8, 4) is 0 Å². The number of benzene rings is 1. The van der Waals surface area contributed by atoms with E-state index in [-0.39, 0.29) is 5.92 Å². The van der Waals surface area contributed by atoms with Crippen LogP contribution in [0.2, 0.25) is 0 Å². The van der Waals surface area contributed by atoms with Gasteiger partial charge in [-0.3, -0.25) is 0 Å². The van der Waals surface area contributed by atoms with Crippen LogP contribution in [0.3, 0.4) is 0 Å². The van der Waals surface area contributed by atoms with Crippen molar-refractivity contribution in [2.24, 2.45) is 5.92 Å². The zero-order chi connectivity index (χ0) is 21.9. The summed E-state index contributed by atoms with van der Waals surface area (Å²) in [6, 6.07) is 10.6. The molecule has 2 aliphatic rings. The summed E-state index contributed by atoms with van der Waals surface area (Å²) in [5, 5.41) is 0. The van der Waals surface area contributed by atoms with Gasteiger partial charge in [0.15, 0.2) is 0 Å². The maximum absolute atomic E-state index is 6.57. The van der Waals surface area contributed by atoms with Crippen LogP contribution in [0.15, 0.2) is 131 Å². The van der Waals surface area contributed by atoms with Gasteiger partial charge in [0, 0.05) is 10.8 Å². The van der Waals surface area contributed by atoms with E-state index in [1.807, 2.05) is 6.08 Å². The molecule has 158 valence electrons. The maximum atomic E-state index is 6.57. The Morgan fingerprint density at radius 3 is 2.58 bits per heavy atom. The molecule has 0 heterocycles. The highest BCUT2D eigenvalue weighted by atomic mass is 35.7. The van der Waals surface area contributed by atoms with Gasteiger partial charge in [-0.25, -0.2) is 0 Å². The van der Waals surface area contributed by atoms with Crippen molar-refractivity contribution >= 4 is 27.2 Å². The van der Waals surface area contributed by atoms with Crippen LogP contribution in [0.4, 0.5) is 0 Å². The van der Waals surface area contributed by atoms with Gasteiger partial charge in [-0.15, -0.1) is 0 Å². The highest BCUT2D eigenvalue weighted by molar-refractivity contribution is 8.24. The van der Waals surface area contributed by atoms with Crippen LogP contribution in [-0.4, -0.2) is 0 Å². The first-order valence-corrected chi connectivity index (χ1v) is 12.4. The standard InChI is InChI=1S/C29H29ClS/c1-3-5-17-24(4-2)29(31-30)28(26-20-13-8-14-21-26)27(25-18-11-7-12-19-25)22-23-15-9-6-10-16-23/h3-5,7-9,11-20,22,26H,1,6,10,21H2,2H3/b17-5-,24-4+,27-22+,29-28-/t26-/m0/s1. The Balaban J connectivity index is 2.28. The molecule has 2 heteroatoms. The van der Waals surface area contributed by atoms with E-state index in [1.54, 1.807) is 6.08 Å². The lowest BCUT2D eigenvalue weighted by Crippen LogP contribution is -2.08. The molecule has 1 atom stereocenters. The van der Waals surface area contributed by atoms with E-state index < -0.39 is 0 Å². The van der Waals surface area contributed by atoms with E-state index in [0.717, 1.165) is 29.7 Å². The third kappa shape index (κ3) is 6.26. The fourth-order valence-electron chi connectivity index (χ4n) is 3.84. The fraction of sp³-hybridized carbons (Fsp3) is 0.172. The number of allylic oxidation sites excluding steroid dienone is 16. The van der Waals surface area contributed by atoms with E-state index in [4.69, 9.17) is 10.7 Å². The van der Waals surface area contributed by atoms with E-state index in [0.29, 0.717) is 0 Å². The van der Waals surface area contributed by atoms with E-state index >= 15 is 0 Å². The SMILES string of the molecule is C=C\C=C/C(=C\C)C(/SCl)=C(/C(=C/C1=CCCC=C1)c1ccccc1)[C@H]1C=CC=CC1. The van der Waals surface area contributed by atoms with Gasteiger partial charge in [0.2, 0.25) is 0 Å². The minimum absolute atomic E-state index is 0.248. The molecule has 0 radical (unpaired) electrons. The summed E-state index contributed by atoms with van der Waals surface area (Å²) in [7, 11) is 7.87. The second-order valence-electron chi connectivity index (χ2n) is 7.42. The lowest BCUT2D eigenvalue weighted by atomic mass is 9.82. The van der Waals surface area contributed by atoms with Gasteiger partial charge < -0.3 is 0 Å². The Morgan fingerprint density at radius 1 is 1.13 bits per heavy atom. The van der Waals surface area contributed by atoms with Gasteiger partial charge in [0.1, 0.15) is 0 Å². The van der Waals surface area contributed by atoms with E-state index in [2.05, 4.69) is 105 Å². The van der Waals surface area contributed by atoms with Crippen LogP contribution >= 0.6 is 21.7 Å². The van der Waals surface area contributed by atoms with Crippen LogP contribution in [0.25, 0.3) is 5.57 Å². The first-order valence-electron chi connectivity index (χ1n) is 10.7. The van der Waals surface area contributed by atoms with E-state index in [1.165, 1.54) is 33.3 Å². The zero-order valence-corrected chi connectivity index (χ0v) is 19.6. The van der Waals surface area contributed by atoms with Crippen molar-refractivity contribution in [1.82, 2.24) is 0 Å².